The molecule has 148 valence electrons. The van der Waals surface area contributed by atoms with Gasteiger partial charge in [-0.3, -0.25) is 9.36 Å². The minimum atomic E-state index is -0.403. The Morgan fingerprint density at radius 1 is 1.14 bits per heavy atom. The Morgan fingerprint density at radius 3 is 2.52 bits per heavy atom. The maximum absolute atomic E-state index is 13.3. The fourth-order valence-corrected chi connectivity index (χ4v) is 3.61. The predicted octanol–water partition coefficient (Wildman–Crippen LogP) is 2.71. The number of halogens is 1. The third-order valence-electron chi connectivity index (χ3n) is 4.66. The first-order valence-electron chi connectivity index (χ1n) is 8.82. The highest BCUT2D eigenvalue weighted by atomic mass is 79.9. The molecule has 2 aromatic carbocycles. The van der Waals surface area contributed by atoms with Crippen molar-refractivity contribution in [3.63, 3.8) is 0 Å². The highest BCUT2D eigenvalue weighted by Crippen LogP contribution is 2.22. The molecule has 0 saturated carbocycles. The van der Waals surface area contributed by atoms with Gasteiger partial charge in [-0.25, -0.2) is 9.20 Å². The quantitative estimate of drug-likeness (QED) is 0.440. The van der Waals surface area contributed by atoms with E-state index in [-0.39, 0.29) is 12.1 Å². The summed E-state index contributed by atoms with van der Waals surface area (Å²) in [6, 6.07) is 12.5. The Morgan fingerprint density at radius 2 is 1.86 bits per heavy atom. The average Bonchev–Trinajstić information content (AvgIpc) is 3.16. The van der Waals surface area contributed by atoms with E-state index < -0.39 is 5.97 Å². The van der Waals surface area contributed by atoms with E-state index in [1.165, 1.54) is 7.11 Å². The summed E-state index contributed by atoms with van der Waals surface area (Å²) < 4.78 is 9.00. The summed E-state index contributed by atoms with van der Waals surface area (Å²) in [5.41, 5.74) is 1.88. The number of carbonyl (C=O) groups excluding carboxylic acids is 1. The SMILES string of the molecule is COC(=O)c1ccc(Cn2c(=O)c3cc(Br)ccc3n3c(N(C)C)nnc23)cc1. The Labute approximate surface area is 174 Å². The summed E-state index contributed by atoms with van der Waals surface area (Å²) in [5, 5.41) is 9.10. The lowest BCUT2D eigenvalue weighted by Crippen LogP contribution is -2.24. The van der Waals surface area contributed by atoms with Gasteiger partial charge in [0.2, 0.25) is 11.7 Å². The molecule has 0 spiro atoms. The van der Waals surface area contributed by atoms with E-state index in [2.05, 4.69) is 26.1 Å². The number of anilines is 1. The maximum Gasteiger partial charge on any atom is 0.337 e. The zero-order chi connectivity index (χ0) is 20.7. The number of benzene rings is 2. The van der Waals surface area contributed by atoms with Crippen molar-refractivity contribution >= 4 is 44.5 Å². The first kappa shape index (κ1) is 19.1. The van der Waals surface area contributed by atoms with Crippen LogP contribution in [0.4, 0.5) is 5.95 Å². The molecule has 2 aromatic heterocycles. The van der Waals surface area contributed by atoms with Crippen LogP contribution in [0.1, 0.15) is 15.9 Å². The average molecular weight is 456 g/mol. The van der Waals surface area contributed by atoms with Gasteiger partial charge in [-0.2, -0.15) is 0 Å². The first-order valence-corrected chi connectivity index (χ1v) is 9.62. The second-order valence-corrected chi connectivity index (χ2v) is 7.69. The fraction of sp³-hybridized carbons (Fsp3) is 0.200. The van der Waals surface area contributed by atoms with Gasteiger partial charge in [-0.1, -0.05) is 28.1 Å². The van der Waals surface area contributed by atoms with E-state index in [1.54, 1.807) is 34.9 Å². The summed E-state index contributed by atoms with van der Waals surface area (Å²) >= 11 is 3.45. The minimum Gasteiger partial charge on any atom is -0.465 e. The molecule has 4 aromatic rings. The van der Waals surface area contributed by atoms with Gasteiger partial charge in [-0.05, 0) is 35.9 Å². The van der Waals surface area contributed by atoms with Crippen molar-refractivity contribution in [2.24, 2.45) is 0 Å². The smallest absolute Gasteiger partial charge is 0.337 e. The topological polar surface area (TPSA) is 81.7 Å². The van der Waals surface area contributed by atoms with Crippen molar-refractivity contribution in [1.29, 1.82) is 0 Å². The molecule has 9 heteroatoms. The van der Waals surface area contributed by atoms with Crippen molar-refractivity contribution in [1.82, 2.24) is 19.2 Å². The Hall–Kier alpha value is -3.20. The van der Waals surface area contributed by atoms with E-state index in [4.69, 9.17) is 4.74 Å². The van der Waals surface area contributed by atoms with Gasteiger partial charge < -0.3 is 9.64 Å². The summed E-state index contributed by atoms with van der Waals surface area (Å²) in [5.74, 6) is 0.674. The van der Waals surface area contributed by atoms with Crippen LogP contribution < -0.4 is 10.5 Å². The van der Waals surface area contributed by atoms with Gasteiger partial charge in [0.05, 0.1) is 30.1 Å². The van der Waals surface area contributed by atoms with Gasteiger partial charge in [-0.15, -0.1) is 10.2 Å². The van der Waals surface area contributed by atoms with E-state index in [9.17, 15) is 9.59 Å². The third-order valence-corrected chi connectivity index (χ3v) is 5.15. The van der Waals surface area contributed by atoms with E-state index in [0.29, 0.717) is 22.7 Å². The molecule has 0 atom stereocenters. The fourth-order valence-electron chi connectivity index (χ4n) is 3.25. The largest absolute Gasteiger partial charge is 0.465 e. The molecule has 4 rings (SSSR count). The number of methoxy groups -OCH3 is 1. The van der Waals surface area contributed by atoms with Crippen molar-refractivity contribution in [2.45, 2.75) is 6.54 Å². The van der Waals surface area contributed by atoms with Crippen molar-refractivity contribution < 1.29 is 9.53 Å². The Balaban J connectivity index is 1.92. The summed E-state index contributed by atoms with van der Waals surface area (Å²) in [6.45, 7) is 0.289. The number of ether oxygens (including phenoxy) is 1. The van der Waals surface area contributed by atoms with E-state index in [0.717, 1.165) is 15.6 Å². The number of hydrogen-bond donors (Lipinski definition) is 0. The second-order valence-electron chi connectivity index (χ2n) is 6.77. The van der Waals surface area contributed by atoms with Gasteiger partial charge in [0.15, 0.2) is 0 Å². The number of hydrogen-bond acceptors (Lipinski definition) is 6. The molecule has 29 heavy (non-hydrogen) atoms. The highest BCUT2D eigenvalue weighted by Gasteiger charge is 2.18. The molecule has 0 bridgehead atoms. The molecule has 0 aliphatic heterocycles. The molecule has 0 unspecified atom stereocenters. The minimum absolute atomic E-state index is 0.163. The number of rotatable bonds is 4. The maximum atomic E-state index is 13.3. The highest BCUT2D eigenvalue weighted by molar-refractivity contribution is 9.10. The number of aromatic nitrogens is 4. The zero-order valence-corrected chi connectivity index (χ0v) is 17.7. The molecule has 0 radical (unpaired) electrons. The van der Waals surface area contributed by atoms with Gasteiger partial charge >= 0.3 is 5.97 Å². The molecule has 2 heterocycles. The predicted molar refractivity (Wildman–Crippen MR) is 114 cm³/mol. The van der Waals surface area contributed by atoms with E-state index >= 15 is 0 Å². The molecular weight excluding hydrogens is 438 g/mol. The Bertz CT molecular complexity index is 1290. The lowest BCUT2D eigenvalue weighted by atomic mass is 10.1. The van der Waals surface area contributed by atoms with Crippen LogP contribution in [-0.2, 0) is 11.3 Å². The van der Waals surface area contributed by atoms with Gasteiger partial charge in [0.1, 0.15) is 0 Å². The standard InChI is InChI=1S/C20H18BrN5O3/c1-24(2)19-22-23-20-25(11-12-4-6-13(7-5-12)18(28)29-3)17(27)15-10-14(21)8-9-16(15)26(19)20/h4-10H,11H2,1-3H3. The van der Waals surface area contributed by atoms with Crippen LogP contribution in [0.2, 0.25) is 0 Å². The monoisotopic (exact) mass is 455 g/mol. The van der Waals surface area contributed by atoms with E-state index in [1.807, 2.05) is 35.5 Å². The van der Waals surface area contributed by atoms with Crippen LogP contribution in [0.15, 0.2) is 51.7 Å². The van der Waals surface area contributed by atoms with Crippen LogP contribution in [-0.4, -0.2) is 46.3 Å². The molecule has 0 fully saturated rings. The van der Waals surface area contributed by atoms with Gasteiger partial charge in [0.25, 0.3) is 5.56 Å². The molecular formula is C20H18BrN5O3. The van der Waals surface area contributed by atoms with Crippen LogP contribution in [0.25, 0.3) is 16.7 Å². The van der Waals surface area contributed by atoms with Crippen LogP contribution >= 0.6 is 15.9 Å². The number of nitrogens with zero attached hydrogens (tertiary/aromatic N) is 5. The summed E-state index contributed by atoms with van der Waals surface area (Å²) in [4.78, 5) is 26.8. The third kappa shape index (κ3) is 3.27. The summed E-state index contributed by atoms with van der Waals surface area (Å²) in [6.07, 6.45) is 0. The molecule has 0 saturated heterocycles. The van der Waals surface area contributed by atoms with Gasteiger partial charge in [0, 0.05) is 18.6 Å². The van der Waals surface area contributed by atoms with Crippen LogP contribution in [0.5, 0.6) is 0 Å². The van der Waals surface area contributed by atoms with Crippen molar-refractivity contribution in [3.05, 3.63) is 68.4 Å². The first-order chi connectivity index (χ1) is 13.9. The second kappa shape index (κ2) is 7.32. The molecule has 8 nitrogen and oxygen atoms in total. The zero-order valence-electron chi connectivity index (χ0n) is 16.1. The molecule has 0 aliphatic rings. The lowest BCUT2D eigenvalue weighted by Gasteiger charge is -2.14. The number of esters is 1. The molecule has 0 N–H and O–H groups in total. The normalized spacial score (nSPS) is 11.2. The van der Waals surface area contributed by atoms with Crippen molar-refractivity contribution in [2.75, 3.05) is 26.1 Å². The lowest BCUT2D eigenvalue weighted by molar-refractivity contribution is 0.0600. The Kier molecular flexibility index (Phi) is 4.83. The van der Waals surface area contributed by atoms with Crippen LogP contribution in [0.3, 0.4) is 0 Å². The number of carbonyl (C=O) groups is 1. The molecule has 0 amide bonds. The van der Waals surface area contributed by atoms with Crippen molar-refractivity contribution in [3.8, 4) is 0 Å². The molecule has 0 aliphatic carbocycles. The number of fused-ring (bicyclic) bond motifs is 3. The summed E-state index contributed by atoms with van der Waals surface area (Å²) in [7, 11) is 5.09. The van der Waals surface area contributed by atoms with Crippen LogP contribution in [0, 0.1) is 0 Å².